The van der Waals surface area contributed by atoms with E-state index in [9.17, 15) is 0 Å². The molecule has 7 rings (SSSR count). The molecule has 0 amide bonds. The second-order valence-electron chi connectivity index (χ2n) is 11.4. The molecule has 204 valence electrons. The smallest absolute Gasteiger partial charge is 0.0708 e. The van der Waals surface area contributed by atoms with E-state index >= 15 is 0 Å². The predicted octanol–water partition coefficient (Wildman–Crippen LogP) is 11.2. The second-order valence-corrected chi connectivity index (χ2v) is 11.4. The number of fused-ring (bicyclic) bond motifs is 6. The number of hydrogen-bond acceptors (Lipinski definition) is 1. The highest BCUT2D eigenvalue weighted by Gasteiger charge is 2.11. The molecule has 0 fully saturated rings. The third kappa shape index (κ3) is 5.43. The van der Waals surface area contributed by atoms with Gasteiger partial charge in [0.25, 0.3) is 0 Å². The van der Waals surface area contributed by atoms with E-state index in [0.29, 0.717) is 0 Å². The predicted molar refractivity (Wildman–Crippen MR) is 180 cm³/mol. The molecular weight excluding hydrogens is 506 g/mol. The summed E-state index contributed by atoms with van der Waals surface area (Å²) in [6.07, 6.45) is 9.46. The van der Waals surface area contributed by atoms with E-state index in [-0.39, 0.29) is 0 Å². The van der Waals surface area contributed by atoms with Crippen molar-refractivity contribution in [2.75, 3.05) is 0 Å². The van der Waals surface area contributed by atoms with Crippen molar-refractivity contribution >= 4 is 32.3 Å². The lowest BCUT2D eigenvalue weighted by Gasteiger charge is -2.12. The van der Waals surface area contributed by atoms with Crippen molar-refractivity contribution in [1.82, 2.24) is 4.98 Å². The molecule has 0 aliphatic rings. The van der Waals surface area contributed by atoms with Crippen LogP contribution in [0.25, 0.3) is 54.7 Å². The Morgan fingerprint density at radius 1 is 0.357 bits per heavy atom. The third-order valence-corrected chi connectivity index (χ3v) is 8.57. The molecule has 1 aromatic heterocycles. The summed E-state index contributed by atoms with van der Waals surface area (Å²) in [6, 6.07) is 48.5. The maximum Gasteiger partial charge on any atom is 0.0708 e. The molecule has 0 aliphatic carbocycles. The lowest BCUT2D eigenvalue weighted by molar-refractivity contribution is 0.640. The van der Waals surface area contributed by atoms with Crippen LogP contribution in [-0.4, -0.2) is 4.98 Å². The Balaban J connectivity index is 1.10. The Labute approximate surface area is 248 Å². The van der Waals surface area contributed by atoms with Crippen molar-refractivity contribution < 1.29 is 0 Å². The minimum atomic E-state index is 1.01. The summed E-state index contributed by atoms with van der Waals surface area (Å²) in [5.41, 5.74) is 7.54. The van der Waals surface area contributed by atoms with Gasteiger partial charge in [0, 0.05) is 17.1 Å². The van der Waals surface area contributed by atoms with Crippen LogP contribution in [-0.2, 0) is 12.8 Å². The molecule has 0 spiro atoms. The van der Waals surface area contributed by atoms with Crippen molar-refractivity contribution in [3.05, 3.63) is 151 Å². The van der Waals surface area contributed by atoms with Crippen LogP contribution in [0.2, 0.25) is 0 Å². The van der Waals surface area contributed by atoms with Gasteiger partial charge in [-0.1, -0.05) is 134 Å². The minimum Gasteiger partial charge on any atom is -0.256 e. The van der Waals surface area contributed by atoms with Gasteiger partial charge in [-0.05, 0) is 87.0 Å². The first-order valence-corrected chi connectivity index (χ1v) is 15.3. The molecule has 0 N–H and O–H groups in total. The molecule has 6 aromatic carbocycles. The summed E-state index contributed by atoms with van der Waals surface area (Å²) in [5, 5.41) is 7.57. The highest BCUT2D eigenvalue weighted by Crippen LogP contribution is 2.36. The van der Waals surface area contributed by atoms with E-state index in [1.807, 2.05) is 0 Å². The van der Waals surface area contributed by atoms with Crippen LogP contribution in [0.1, 0.15) is 36.8 Å². The molecule has 7 aromatic rings. The lowest BCUT2D eigenvalue weighted by Crippen LogP contribution is -1.90. The summed E-state index contributed by atoms with van der Waals surface area (Å²) < 4.78 is 0. The summed E-state index contributed by atoms with van der Waals surface area (Å²) in [6.45, 7) is 0. The maximum atomic E-state index is 4.97. The first kappa shape index (κ1) is 26.2. The first-order valence-electron chi connectivity index (χ1n) is 15.3. The van der Waals surface area contributed by atoms with Gasteiger partial charge < -0.3 is 0 Å². The topological polar surface area (TPSA) is 12.9 Å². The Hall–Kier alpha value is -4.75. The fourth-order valence-corrected chi connectivity index (χ4v) is 6.38. The summed E-state index contributed by atoms with van der Waals surface area (Å²) in [7, 11) is 0. The molecule has 0 saturated carbocycles. The van der Waals surface area contributed by atoms with E-state index in [1.54, 1.807) is 0 Å². The van der Waals surface area contributed by atoms with Crippen LogP contribution in [0.15, 0.2) is 140 Å². The Bertz CT molecular complexity index is 1950. The van der Waals surface area contributed by atoms with Crippen LogP contribution < -0.4 is 0 Å². The SMILES string of the molecule is c1ccc(CCCCCCc2cccc(-c3cccc(-c4cc5c6ccccc6c6ccccc6c5cn4)c3)c2)cc1. The molecule has 1 heteroatoms. The van der Waals surface area contributed by atoms with E-state index in [1.165, 1.54) is 86.7 Å². The van der Waals surface area contributed by atoms with Gasteiger partial charge >= 0.3 is 0 Å². The Kier molecular flexibility index (Phi) is 7.48. The normalized spacial score (nSPS) is 11.4. The fourth-order valence-electron chi connectivity index (χ4n) is 6.38. The van der Waals surface area contributed by atoms with Crippen LogP contribution in [0.5, 0.6) is 0 Å². The van der Waals surface area contributed by atoms with Crippen LogP contribution >= 0.6 is 0 Å². The number of aryl methyl sites for hydroxylation is 2. The van der Waals surface area contributed by atoms with Crippen molar-refractivity contribution in [3.8, 4) is 22.4 Å². The van der Waals surface area contributed by atoms with Gasteiger partial charge in [-0.3, -0.25) is 4.98 Å². The van der Waals surface area contributed by atoms with E-state index < -0.39 is 0 Å². The molecule has 0 aliphatic heterocycles. The van der Waals surface area contributed by atoms with Gasteiger partial charge in [0.1, 0.15) is 0 Å². The quantitative estimate of drug-likeness (QED) is 0.131. The van der Waals surface area contributed by atoms with Gasteiger partial charge in [0.05, 0.1) is 5.69 Å². The number of aromatic nitrogens is 1. The van der Waals surface area contributed by atoms with Crippen LogP contribution in [0.4, 0.5) is 0 Å². The van der Waals surface area contributed by atoms with Crippen molar-refractivity contribution in [2.24, 2.45) is 0 Å². The average Bonchev–Trinajstić information content (AvgIpc) is 3.07. The minimum absolute atomic E-state index is 1.01. The molecule has 0 atom stereocenters. The van der Waals surface area contributed by atoms with Crippen molar-refractivity contribution in [3.63, 3.8) is 0 Å². The van der Waals surface area contributed by atoms with Gasteiger partial charge in [-0.15, -0.1) is 0 Å². The molecule has 0 saturated heterocycles. The first-order chi connectivity index (χ1) is 20.8. The number of pyridine rings is 1. The number of rotatable bonds is 9. The van der Waals surface area contributed by atoms with Crippen molar-refractivity contribution in [1.29, 1.82) is 0 Å². The van der Waals surface area contributed by atoms with E-state index in [2.05, 4.69) is 140 Å². The van der Waals surface area contributed by atoms with E-state index in [0.717, 1.165) is 17.7 Å². The van der Waals surface area contributed by atoms with E-state index in [4.69, 9.17) is 4.98 Å². The fraction of sp³-hybridized carbons (Fsp3) is 0.146. The molecule has 0 bridgehead atoms. The van der Waals surface area contributed by atoms with Gasteiger partial charge in [-0.2, -0.15) is 0 Å². The molecule has 1 nitrogen and oxygen atoms in total. The third-order valence-electron chi connectivity index (χ3n) is 8.57. The van der Waals surface area contributed by atoms with Crippen molar-refractivity contribution in [2.45, 2.75) is 38.5 Å². The zero-order chi connectivity index (χ0) is 28.1. The number of unbranched alkanes of at least 4 members (excludes halogenated alkanes) is 3. The summed E-state index contributed by atoms with van der Waals surface area (Å²) in [5.74, 6) is 0. The zero-order valence-corrected chi connectivity index (χ0v) is 24.0. The number of nitrogens with zero attached hydrogens (tertiary/aromatic N) is 1. The Morgan fingerprint density at radius 3 is 1.60 bits per heavy atom. The summed E-state index contributed by atoms with van der Waals surface area (Å²) in [4.78, 5) is 4.97. The molecule has 0 unspecified atom stereocenters. The number of hydrogen-bond donors (Lipinski definition) is 0. The van der Waals surface area contributed by atoms with Crippen LogP contribution in [0, 0.1) is 0 Å². The van der Waals surface area contributed by atoms with Gasteiger partial charge in [-0.25, -0.2) is 0 Å². The summed E-state index contributed by atoms with van der Waals surface area (Å²) >= 11 is 0. The monoisotopic (exact) mass is 541 g/mol. The molecule has 0 radical (unpaired) electrons. The highest BCUT2D eigenvalue weighted by atomic mass is 14.7. The standard InChI is InChI=1S/C41H35N/c1(4-14-30-15-6-3-7-16-30)2-5-17-31-18-12-19-32(26-31)33-20-13-21-34(27-33)41-28-39-37-24-10-8-22-35(37)36-23-9-11-25-38(36)40(39)29-42-41/h3,6-13,15-16,18-29H,1-2,4-5,14,17H2. The van der Waals surface area contributed by atoms with Gasteiger partial charge in [0.2, 0.25) is 0 Å². The maximum absolute atomic E-state index is 4.97. The molecular formula is C41H35N. The second kappa shape index (κ2) is 12.0. The average molecular weight is 542 g/mol. The Morgan fingerprint density at radius 2 is 0.881 bits per heavy atom. The van der Waals surface area contributed by atoms with Gasteiger partial charge in [0.15, 0.2) is 0 Å². The molecule has 1 heterocycles. The van der Waals surface area contributed by atoms with Crippen LogP contribution in [0.3, 0.4) is 0 Å². The lowest BCUT2D eigenvalue weighted by atomic mass is 9.94. The number of benzene rings is 6. The zero-order valence-electron chi connectivity index (χ0n) is 24.0. The largest absolute Gasteiger partial charge is 0.256 e. The highest BCUT2D eigenvalue weighted by molar-refractivity contribution is 6.25. The molecule has 42 heavy (non-hydrogen) atoms.